The van der Waals surface area contributed by atoms with Gasteiger partial charge in [0.25, 0.3) is 0 Å². The van der Waals surface area contributed by atoms with Crippen LogP contribution in [0.5, 0.6) is 5.75 Å². The van der Waals surface area contributed by atoms with Crippen LogP contribution in [0.4, 0.5) is 0 Å². The van der Waals surface area contributed by atoms with Crippen LogP contribution in [-0.4, -0.2) is 28.3 Å². The van der Waals surface area contributed by atoms with Crippen molar-refractivity contribution in [1.82, 2.24) is 10.0 Å². The minimum atomic E-state index is -2.51. The van der Waals surface area contributed by atoms with Crippen molar-refractivity contribution in [2.24, 2.45) is 0 Å². The molecule has 3 N–H and O–H groups in total. The number of rotatable bonds is 8. The third-order valence-corrected chi connectivity index (χ3v) is 5.61. The first-order valence-electron chi connectivity index (χ1n) is 8.37. The van der Waals surface area contributed by atoms with Gasteiger partial charge in [-0.05, 0) is 49.6 Å². The van der Waals surface area contributed by atoms with Crippen molar-refractivity contribution in [3.8, 4) is 5.75 Å². The molecule has 0 amide bonds. The second kappa shape index (κ2) is 8.74. The van der Waals surface area contributed by atoms with Gasteiger partial charge in [-0.25, -0.2) is 8.93 Å². The Balaban J connectivity index is 1.86. The predicted molar refractivity (Wildman–Crippen MR) is 112 cm³/mol. The fourth-order valence-corrected chi connectivity index (χ4v) is 3.63. The van der Waals surface area contributed by atoms with E-state index in [4.69, 9.17) is 0 Å². The monoisotopic (exact) mass is 370 g/mol. The normalized spacial score (nSPS) is 13.8. The first-order valence-corrected chi connectivity index (χ1v) is 10.1. The summed E-state index contributed by atoms with van der Waals surface area (Å²) in [7, 11) is -2.51. The average molecular weight is 371 g/mol. The standard InChI is InChI=1S/C21H26N2O2S/c1-16-9-11-19(12-10-16)26(4,25)23-14-13-22-18(3)15-17(2)20-7-5-6-8-21(20)24/h5-12,15,22,24H,2,4,13-14H2,1,3H3,(H,23,25)/b18-15+. The van der Waals surface area contributed by atoms with Crippen LogP contribution >= 0.6 is 0 Å². The van der Waals surface area contributed by atoms with Crippen molar-refractivity contribution in [2.45, 2.75) is 18.7 Å². The zero-order valence-corrected chi connectivity index (χ0v) is 16.1. The van der Waals surface area contributed by atoms with Crippen molar-refractivity contribution in [3.05, 3.63) is 78.0 Å². The molecule has 1 unspecified atom stereocenters. The molecule has 5 heteroatoms. The second-order valence-corrected chi connectivity index (χ2v) is 8.29. The highest BCUT2D eigenvalue weighted by Crippen LogP contribution is 2.24. The number of aryl methyl sites for hydroxylation is 1. The van der Waals surface area contributed by atoms with Gasteiger partial charge in [-0.3, -0.25) is 0 Å². The van der Waals surface area contributed by atoms with Gasteiger partial charge in [0.05, 0.1) is 9.71 Å². The molecular formula is C21H26N2O2S. The average Bonchev–Trinajstić information content (AvgIpc) is 2.59. The zero-order valence-electron chi connectivity index (χ0n) is 15.3. The van der Waals surface area contributed by atoms with E-state index in [9.17, 15) is 9.32 Å². The zero-order chi connectivity index (χ0) is 19.2. The molecule has 0 bridgehead atoms. The summed E-state index contributed by atoms with van der Waals surface area (Å²) in [5, 5.41) is 13.1. The number of aromatic hydroxyl groups is 1. The molecule has 2 aromatic rings. The number of hydrogen-bond donors (Lipinski definition) is 3. The highest BCUT2D eigenvalue weighted by molar-refractivity contribution is 7.98. The maximum atomic E-state index is 12.6. The van der Waals surface area contributed by atoms with E-state index in [-0.39, 0.29) is 5.75 Å². The van der Waals surface area contributed by atoms with E-state index in [1.165, 1.54) is 0 Å². The largest absolute Gasteiger partial charge is 0.507 e. The van der Waals surface area contributed by atoms with E-state index in [1.54, 1.807) is 12.1 Å². The van der Waals surface area contributed by atoms with E-state index >= 15 is 0 Å². The number of phenolic OH excluding ortho intramolecular Hbond substituents is 1. The molecule has 0 aliphatic heterocycles. The predicted octanol–water partition coefficient (Wildman–Crippen LogP) is 3.49. The Morgan fingerprint density at radius 1 is 1.15 bits per heavy atom. The lowest BCUT2D eigenvalue weighted by Crippen LogP contribution is -2.31. The van der Waals surface area contributed by atoms with Crippen LogP contribution in [0, 0.1) is 6.92 Å². The molecule has 0 fully saturated rings. The van der Waals surface area contributed by atoms with Gasteiger partial charge in [0.15, 0.2) is 0 Å². The second-order valence-electron chi connectivity index (χ2n) is 6.18. The van der Waals surface area contributed by atoms with E-state index < -0.39 is 9.71 Å². The molecule has 0 saturated heterocycles. The van der Waals surface area contributed by atoms with Crippen molar-refractivity contribution < 1.29 is 9.32 Å². The van der Waals surface area contributed by atoms with E-state index in [2.05, 4.69) is 22.5 Å². The summed E-state index contributed by atoms with van der Waals surface area (Å²) in [5.41, 5.74) is 3.45. The van der Waals surface area contributed by atoms with Crippen LogP contribution in [0.15, 0.2) is 71.8 Å². The molecular weight excluding hydrogens is 344 g/mol. The third-order valence-electron chi connectivity index (χ3n) is 3.91. The SMILES string of the molecule is C=C(/C=C(\C)NCCNS(=C)(=O)c1ccc(C)cc1)c1ccccc1O. The number of nitrogens with one attached hydrogen (secondary N) is 2. The molecule has 0 saturated carbocycles. The topological polar surface area (TPSA) is 61.4 Å². The van der Waals surface area contributed by atoms with Crippen LogP contribution in [0.2, 0.25) is 0 Å². The molecule has 2 rings (SSSR count). The number of para-hydroxylation sites is 1. The Kier molecular flexibility index (Phi) is 6.66. The molecule has 0 radical (unpaired) electrons. The van der Waals surface area contributed by atoms with Crippen LogP contribution in [0.3, 0.4) is 0 Å². The van der Waals surface area contributed by atoms with Gasteiger partial charge in [-0.2, -0.15) is 0 Å². The van der Waals surface area contributed by atoms with E-state index in [0.717, 1.165) is 16.8 Å². The number of benzene rings is 2. The lowest BCUT2D eigenvalue weighted by Gasteiger charge is -2.13. The molecule has 0 aliphatic rings. The fraction of sp³-hybridized carbons (Fsp3) is 0.190. The van der Waals surface area contributed by atoms with Gasteiger partial charge in [0, 0.05) is 29.2 Å². The Labute approximate surface area is 156 Å². The summed E-state index contributed by atoms with van der Waals surface area (Å²) < 4.78 is 15.6. The molecule has 4 nitrogen and oxygen atoms in total. The van der Waals surface area contributed by atoms with Crippen LogP contribution < -0.4 is 10.0 Å². The third kappa shape index (κ3) is 5.51. The molecule has 2 aromatic carbocycles. The van der Waals surface area contributed by atoms with Crippen LogP contribution in [0.25, 0.3) is 5.57 Å². The van der Waals surface area contributed by atoms with Gasteiger partial charge in [-0.15, -0.1) is 0 Å². The molecule has 0 spiro atoms. The number of hydrogen-bond acceptors (Lipinski definition) is 3. The summed E-state index contributed by atoms with van der Waals surface area (Å²) >= 11 is 0. The Bertz CT molecular complexity index is 898. The van der Waals surface area contributed by atoms with Gasteiger partial charge in [-0.1, -0.05) is 42.5 Å². The van der Waals surface area contributed by atoms with Crippen molar-refractivity contribution in [2.75, 3.05) is 13.1 Å². The number of allylic oxidation sites excluding steroid dienone is 3. The smallest absolute Gasteiger partial charge is 0.123 e. The Hall–Kier alpha value is -2.50. The van der Waals surface area contributed by atoms with Gasteiger partial charge in [0.2, 0.25) is 0 Å². The minimum absolute atomic E-state index is 0.207. The highest BCUT2D eigenvalue weighted by atomic mass is 32.2. The lowest BCUT2D eigenvalue weighted by molar-refractivity contribution is 0.474. The summed E-state index contributed by atoms with van der Waals surface area (Å²) in [5.74, 6) is 4.02. The van der Waals surface area contributed by atoms with Crippen molar-refractivity contribution in [1.29, 1.82) is 0 Å². The quantitative estimate of drug-likeness (QED) is 0.379. The van der Waals surface area contributed by atoms with Gasteiger partial charge < -0.3 is 10.4 Å². The molecule has 26 heavy (non-hydrogen) atoms. The maximum Gasteiger partial charge on any atom is 0.123 e. The van der Waals surface area contributed by atoms with Gasteiger partial charge >= 0.3 is 0 Å². The van der Waals surface area contributed by atoms with E-state index in [1.807, 2.05) is 56.3 Å². The maximum absolute atomic E-state index is 12.6. The van der Waals surface area contributed by atoms with E-state index in [0.29, 0.717) is 23.5 Å². The number of phenols is 1. The summed E-state index contributed by atoms with van der Waals surface area (Å²) in [4.78, 5) is 0.697. The Morgan fingerprint density at radius 3 is 2.46 bits per heavy atom. The summed E-state index contributed by atoms with van der Waals surface area (Å²) in [6.45, 7) is 9.00. The highest BCUT2D eigenvalue weighted by Gasteiger charge is 2.06. The fourth-order valence-electron chi connectivity index (χ4n) is 2.45. The van der Waals surface area contributed by atoms with Crippen molar-refractivity contribution >= 4 is 21.2 Å². The molecule has 0 aliphatic carbocycles. The minimum Gasteiger partial charge on any atom is -0.507 e. The molecule has 1 atom stereocenters. The summed E-state index contributed by atoms with van der Waals surface area (Å²) in [6, 6.07) is 14.6. The molecule has 0 heterocycles. The van der Waals surface area contributed by atoms with Crippen LogP contribution in [0.1, 0.15) is 18.1 Å². The van der Waals surface area contributed by atoms with Crippen LogP contribution in [-0.2, 0) is 9.71 Å². The van der Waals surface area contributed by atoms with Crippen molar-refractivity contribution in [3.63, 3.8) is 0 Å². The molecule has 0 aromatic heterocycles. The molecule has 138 valence electrons. The first-order chi connectivity index (χ1) is 12.3. The summed E-state index contributed by atoms with van der Waals surface area (Å²) in [6.07, 6.45) is 1.87. The first kappa shape index (κ1) is 19.8. The Morgan fingerprint density at radius 2 is 1.81 bits per heavy atom. The lowest BCUT2D eigenvalue weighted by atomic mass is 10.1. The van der Waals surface area contributed by atoms with Gasteiger partial charge in [0.1, 0.15) is 5.75 Å².